The molecule has 1 aromatic carbocycles. The van der Waals surface area contributed by atoms with Crippen LogP contribution < -0.4 is 10.1 Å². The zero-order chi connectivity index (χ0) is 15.6. The smallest absolute Gasteiger partial charge is 0.312 e. The molecule has 2 rings (SSSR count). The molecule has 116 valence electrons. The Balaban J connectivity index is 2.45. The Morgan fingerprint density at radius 3 is 2.76 bits per heavy atom. The lowest BCUT2D eigenvalue weighted by atomic mass is 10.3. The predicted molar refractivity (Wildman–Crippen MR) is 75.9 cm³/mol. The molecule has 0 saturated carbocycles. The molecular weight excluding hydrogens is 298 g/mol. The summed E-state index contributed by atoms with van der Waals surface area (Å²) in [6.45, 7) is 3.24. The van der Waals surface area contributed by atoms with Crippen LogP contribution in [0.15, 0.2) is 23.1 Å². The molecular formula is C12H17N3O5S. The van der Waals surface area contributed by atoms with E-state index < -0.39 is 14.9 Å². The van der Waals surface area contributed by atoms with Crippen molar-refractivity contribution in [3.8, 4) is 5.75 Å². The van der Waals surface area contributed by atoms with Crippen LogP contribution in [-0.4, -0.2) is 50.4 Å². The van der Waals surface area contributed by atoms with Gasteiger partial charge in [0.1, 0.15) is 0 Å². The first-order chi connectivity index (χ1) is 9.87. The van der Waals surface area contributed by atoms with Gasteiger partial charge < -0.3 is 10.1 Å². The lowest BCUT2D eigenvalue weighted by Crippen LogP contribution is -2.52. The maximum atomic E-state index is 12.6. The summed E-state index contributed by atoms with van der Waals surface area (Å²) in [6, 6.07) is 3.47. The lowest BCUT2D eigenvalue weighted by Gasteiger charge is -2.32. The van der Waals surface area contributed by atoms with E-state index in [2.05, 4.69) is 5.32 Å². The van der Waals surface area contributed by atoms with Gasteiger partial charge in [0.15, 0.2) is 5.75 Å². The molecule has 1 saturated heterocycles. The van der Waals surface area contributed by atoms with Crippen molar-refractivity contribution in [3.05, 3.63) is 28.3 Å². The zero-order valence-electron chi connectivity index (χ0n) is 11.8. The topological polar surface area (TPSA) is 102 Å². The van der Waals surface area contributed by atoms with Gasteiger partial charge in [0, 0.05) is 31.7 Å². The van der Waals surface area contributed by atoms with Gasteiger partial charge in [-0.25, -0.2) is 8.42 Å². The van der Waals surface area contributed by atoms with E-state index in [1.807, 2.05) is 0 Å². The van der Waals surface area contributed by atoms with E-state index in [1.54, 1.807) is 6.92 Å². The third kappa shape index (κ3) is 2.99. The molecule has 9 heteroatoms. The summed E-state index contributed by atoms with van der Waals surface area (Å²) < 4.78 is 31.5. The molecule has 1 aromatic rings. The number of nitro groups is 1. The number of nitrogens with zero attached hydrogens (tertiary/aromatic N) is 2. The third-order valence-corrected chi connectivity index (χ3v) is 5.40. The van der Waals surface area contributed by atoms with Crippen molar-refractivity contribution in [3.63, 3.8) is 0 Å². The van der Waals surface area contributed by atoms with Crippen molar-refractivity contribution in [1.29, 1.82) is 0 Å². The van der Waals surface area contributed by atoms with Gasteiger partial charge >= 0.3 is 5.69 Å². The molecule has 0 aliphatic carbocycles. The number of hydrogen-bond donors (Lipinski definition) is 1. The van der Waals surface area contributed by atoms with Crippen LogP contribution in [0.5, 0.6) is 5.75 Å². The number of piperazine rings is 1. The van der Waals surface area contributed by atoms with Crippen LogP contribution >= 0.6 is 0 Å². The van der Waals surface area contributed by atoms with Gasteiger partial charge in [0.05, 0.1) is 16.9 Å². The minimum absolute atomic E-state index is 0.0345. The monoisotopic (exact) mass is 315 g/mol. The van der Waals surface area contributed by atoms with E-state index in [9.17, 15) is 18.5 Å². The van der Waals surface area contributed by atoms with E-state index >= 15 is 0 Å². The summed E-state index contributed by atoms with van der Waals surface area (Å²) >= 11 is 0. The maximum absolute atomic E-state index is 12.6. The maximum Gasteiger partial charge on any atom is 0.312 e. The second-order valence-electron chi connectivity index (χ2n) is 4.76. The summed E-state index contributed by atoms with van der Waals surface area (Å²) in [5.74, 6) is 0.0345. The highest BCUT2D eigenvalue weighted by molar-refractivity contribution is 7.89. The fourth-order valence-electron chi connectivity index (χ4n) is 2.29. The highest BCUT2D eigenvalue weighted by atomic mass is 32.2. The molecule has 1 aliphatic heterocycles. The Labute approximate surface area is 122 Å². The first-order valence-corrected chi connectivity index (χ1v) is 7.87. The Morgan fingerprint density at radius 2 is 2.19 bits per heavy atom. The summed E-state index contributed by atoms with van der Waals surface area (Å²) in [7, 11) is -2.46. The SMILES string of the molecule is COc1ccc(S(=O)(=O)N2CCNC[C@@H]2C)cc1[N+](=O)[O-]. The number of methoxy groups -OCH3 is 1. The average Bonchev–Trinajstić information content (AvgIpc) is 2.46. The molecule has 1 atom stereocenters. The molecule has 8 nitrogen and oxygen atoms in total. The van der Waals surface area contributed by atoms with Crippen LogP contribution in [0.3, 0.4) is 0 Å². The average molecular weight is 315 g/mol. The number of hydrogen-bond acceptors (Lipinski definition) is 6. The van der Waals surface area contributed by atoms with Crippen molar-refractivity contribution in [2.45, 2.75) is 17.9 Å². The number of benzene rings is 1. The van der Waals surface area contributed by atoms with Crippen LogP contribution in [0.1, 0.15) is 6.92 Å². The molecule has 0 aromatic heterocycles. The highest BCUT2D eigenvalue weighted by Crippen LogP contribution is 2.31. The second-order valence-corrected chi connectivity index (χ2v) is 6.65. The zero-order valence-corrected chi connectivity index (χ0v) is 12.6. The standard InChI is InChI=1S/C12H17N3O5S/c1-9-8-13-5-6-14(9)21(18,19)10-3-4-12(20-2)11(7-10)15(16)17/h3-4,7,9,13H,5-6,8H2,1-2H3/t9-/m0/s1. The number of ether oxygens (including phenoxy) is 1. The summed E-state index contributed by atoms with van der Waals surface area (Å²) in [5.41, 5.74) is -0.360. The van der Waals surface area contributed by atoms with E-state index in [4.69, 9.17) is 4.74 Å². The fraction of sp³-hybridized carbons (Fsp3) is 0.500. The van der Waals surface area contributed by atoms with Crippen molar-refractivity contribution >= 4 is 15.7 Å². The first-order valence-electron chi connectivity index (χ1n) is 6.43. The fourth-order valence-corrected chi connectivity index (χ4v) is 3.94. The van der Waals surface area contributed by atoms with Gasteiger partial charge in [-0.05, 0) is 19.1 Å². The molecule has 0 radical (unpaired) electrons. The van der Waals surface area contributed by atoms with Crippen LogP contribution in [0.2, 0.25) is 0 Å². The van der Waals surface area contributed by atoms with Crippen LogP contribution in [0, 0.1) is 10.1 Å². The summed E-state index contributed by atoms with van der Waals surface area (Å²) in [4.78, 5) is 10.3. The minimum Gasteiger partial charge on any atom is -0.490 e. The third-order valence-electron chi connectivity index (χ3n) is 3.39. The minimum atomic E-state index is -3.76. The molecule has 0 bridgehead atoms. The second kappa shape index (κ2) is 5.96. The summed E-state index contributed by atoms with van der Waals surface area (Å²) in [5, 5.41) is 14.1. The van der Waals surface area contributed by atoms with Crippen molar-refractivity contribution in [1.82, 2.24) is 9.62 Å². The number of sulfonamides is 1. The van der Waals surface area contributed by atoms with Gasteiger partial charge in [-0.1, -0.05) is 0 Å². The number of nitrogens with one attached hydrogen (secondary N) is 1. The Kier molecular flexibility index (Phi) is 4.45. The Bertz CT molecular complexity index is 646. The molecule has 1 fully saturated rings. The lowest BCUT2D eigenvalue weighted by molar-refractivity contribution is -0.386. The van der Waals surface area contributed by atoms with Crippen LogP contribution in [0.25, 0.3) is 0 Å². The number of rotatable bonds is 4. The van der Waals surface area contributed by atoms with E-state index in [0.717, 1.165) is 6.07 Å². The molecule has 1 heterocycles. The first kappa shape index (κ1) is 15.7. The molecule has 0 spiro atoms. The van der Waals surface area contributed by atoms with E-state index in [1.165, 1.54) is 23.5 Å². The normalized spacial score (nSPS) is 20.2. The van der Waals surface area contributed by atoms with Crippen molar-refractivity contribution < 1.29 is 18.1 Å². The van der Waals surface area contributed by atoms with E-state index in [0.29, 0.717) is 19.6 Å². The van der Waals surface area contributed by atoms with Crippen molar-refractivity contribution in [2.24, 2.45) is 0 Å². The Hall–Kier alpha value is -1.71. The largest absolute Gasteiger partial charge is 0.490 e. The van der Waals surface area contributed by atoms with Gasteiger partial charge in [-0.3, -0.25) is 10.1 Å². The quantitative estimate of drug-likeness (QED) is 0.644. The molecule has 21 heavy (non-hydrogen) atoms. The van der Waals surface area contributed by atoms with Crippen LogP contribution in [0.4, 0.5) is 5.69 Å². The van der Waals surface area contributed by atoms with Gasteiger partial charge in [0.2, 0.25) is 10.0 Å². The van der Waals surface area contributed by atoms with E-state index in [-0.39, 0.29) is 22.4 Å². The highest BCUT2D eigenvalue weighted by Gasteiger charge is 2.32. The van der Waals surface area contributed by atoms with Gasteiger partial charge in [-0.15, -0.1) is 0 Å². The molecule has 1 aliphatic rings. The molecule has 0 amide bonds. The van der Waals surface area contributed by atoms with Crippen LogP contribution in [-0.2, 0) is 10.0 Å². The number of nitro benzene ring substituents is 1. The molecule has 1 N–H and O–H groups in total. The van der Waals surface area contributed by atoms with Crippen molar-refractivity contribution in [2.75, 3.05) is 26.7 Å². The van der Waals surface area contributed by atoms with Gasteiger partial charge in [-0.2, -0.15) is 4.31 Å². The predicted octanol–water partition coefficient (Wildman–Crippen LogP) is 0.586. The Morgan fingerprint density at radius 1 is 1.48 bits per heavy atom. The molecule has 0 unspecified atom stereocenters. The summed E-state index contributed by atoms with van der Waals surface area (Å²) in [6.07, 6.45) is 0. The van der Waals surface area contributed by atoms with Gasteiger partial charge in [0.25, 0.3) is 0 Å².